The first kappa shape index (κ1) is 21.8. The molecule has 2 aromatic carbocycles. The van der Waals surface area contributed by atoms with Crippen LogP contribution in [-0.2, 0) is 16.3 Å². The van der Waals surface area contributed by atoms with Gasteiger partial charge in [0.2, 0.25) is 0 Å². The van der Waals surface area contributed by atoms with E-state index in [-0.39, 0.29) is 17.3 Å². The highest BCUT2D eigenvalue weighted by Gasteiger charge is 2.21. The first-order valence-corrected chi connectivity index (χ1v) is 13.1. The first-order chi connectivity index (χ1) is 16.0. The number of hydrogen-bond acceptors (Lipinski definition) is 4. The Labute approximate surface area is 193 Å². The Balaban J connectivity index is 1.44. The molecule has 0 atom stereocenters. The molecule has 4 aromatic rings. The Kier molecular flexibility index (Phi) is 6.00. The number of rotatable bonds is 6. The summed E-state index contributed by atoms with van der Waals surface area (Å²) in [6.07, 6.45) is 3.96. The molecule has 33 heavy (non-hydrogen) atoms. The average Bonchev–Trinajstić information content (AvgIpc) is 3.19. The molecule has 1 aliphatic rings. The van der Waals surface area contributed by atoms with E-state index in [0.717, 1.165) is 47.4 Å². The van der Waals surface area contributed by atoms with E-state index in [0.29, 0.717) is 13.1 Å². The predicted octanol–water partition coefficient (Wildman–Crippen LogP) is 4.49. The average molecular weight is 464 g/mol. The van der Waals surface area contributed by atoms with E-state index in [1.807, 2.05) is 42.5 Å². The van der Waals surface area contributed by atoms with Gasteiger partial charge in [0.25, 0.3) is 0 Å². The van der Waals surface area contributed by atoms with Crippen LogP contribution in [0.3, 0.4) is 0 Å². The second-order valence-electron chi connectivity index (χ2n) is 8.53. The topological polar surface area (TPSA) is 55.2 Å². The highest BCUT2D eigenvalue weighted by molar-refractivity contribution is 7.91. The van der Waals surface area contributed by atoms with E-state index in [2.05, 4.69) is 21.7 Å². The summed E-state index contributed by atoms with van der Waals surface area (Å²) in [5.74, 6) is 0.235. The highest BCUT2D eigenvalue weighted by Crippen LogP contribution is 2.28. The molecule has 5 rings (SSSR count). The standard InChI is InChI=1S/C26H26FN3O2S/c27-22-8-4-6-20(18-22)25-12-11-24-21(7-5-13-29-14-16-33(31,32)17-15-29)19-30(26(24)28-25)23-9-2-1-3-10-23/h1-4,6,8-12,18-19H,5,7,13-17H2. The molecule has 170 valence electrons. The number of fused-ring (bicyclic) bond motifs is 1. The molecule has 3 heterocycles. The van der Waals surface area contributed by atoms with Gasteiger partial charge in [0, 0.05) is 35.9 Å². The van der Waals surface area contributed by atoms with Gasteiger partial charge in [0.15, 0.2) is 9.84 Å². The fraction of sp³-hybridized carbons (Fsp3) is 0.269. The molecule has 0 radical (unpaired) electrons. The van der Waals surface area contributed by atoms with Crippen LogP contribution in [0.1, 0.15) is 12.0 Å². The van der Waals surface area contributed by atoms with Crippen molar-refractivity contribution in [2.75, 3.05) is 31.1 Å². The largest absolute Gasteiger partial charge is 0.301 e. The molecule has 0 aliphatic carbocycles. The van der Waals surface area contributed by atoms with Crippen molar-refractivity contribution in [2.24, 2.45) is 0 Å². The maximum Gasteiger partial charge on any atom is 0.152 e. The number of benzene rings is 2. The summed E-state index contributed by atoms with van der Waals surface area (Å²) in [6, 6.07) is 20.6. The van der Waals surface area contributed by atoms with Crippen molar-refractivity contribution in [3.63, 3.8) is 0 Å². The van der Waals surface area contributed by atoms with Gasteiger partial charge in [-0.1, -0.05) is 30.3 Å². The normalized spacial score (nSPS) is 16.3. The maximum absolute atomic E-state index is 13.8. The fourth-order valence-electron chi connectivity index (χ4n) is 4.43. The van der Waals surface area contributed by atoms with Crippen molar-refractivity contribution in [1.29, 1.82) is 0 Å². The van der Waals surface area contributed by atoms with Crippen LogP contribution < -0.4 is 0 Å². The number of nitrogens with zero attached hydrogens (tertiary/aromatic N) is 3. The van der Waals surface area contributed by atoms with Crippen LogP contribution >= 0.6 is 0 Å². The molecule has 7 heteroatoms. The number of pyridine rings is 1. The van der Waals surface area contributed by atoms with Crippen molar-refractivity contribution in [1.82, 2.24) is 14.5 Å². The molecule has 1 fully saturated rings. The van der Waals surface area contributed by atoms with Crippen LogP contribution in [0.5, 0.6) is 0 Å². The van der Waals surface area contributed by atoms with Gasteiger partial charge in [-0.15, -0.1) is 0 Å². The molecule has 1 aliphatic heterocycles. The third-order valence-corrected chi connectivity index (χ3v) is 7.86. The smallest absolute Gasteiger partial charge is 0.152 e. The Hall–Kier alpha value is -3.03. The van der Waals surface area contributed by atoms with Gasteiger partial charge in [0.1, 0.15) is 11.5 Å². The van der Waals surface area contributed by atoms with Crippen LogP contribution in [0.15, 0.2) is 72.9 Å². The molecule has 2 aromatic heterocycles. The summed E-state index contributed by atoms with van der Waals surface area (Å²) in [5, 5.41) is 1.08. The third kappa shape index (κ3) is 4.84. The predicted molar refractivity (Wildman–Crippen MR) is 130 cm³/mol. The molecule has 0 unspecified atom stereocenters. The van der Waals surface area contributed by atoms with E-state index in [1.165, 1.54) is 17.7 Å². The molecule has 1 saturated heterocycles. The van der Waals surface area contributed by atoms with E-state index >= 15 is 0 Å². The zero-order valence-corrected chi connectivity index (χ0v) is 19.1. The number of aryl methyl sites for hydroxylation is 1. The van der Waals surface area contributed by atoms with Gasteiger partial charge >= 0.3 is 0 Å². The van der Waals surface area contributed by atoms with Gasteiger partial charge < -0.3 is 9.47 Å². The summed E-state index contributed by atoms with van der Waals surface area (Å²) in [6.45, 7) is 2.11. The summed E-state index contributed by atoms with van der Waals surface area (Å²) in [5.41, 5.74) is 4.57. The molecular formula is C26H26FN3O2S. The highest BCUT2D eigenvalue weighted by atomic mass is 32.2. The van der Waals surface area contributed by atoms with Gasteiger partial charge in [-0.3, -0.25) is 0 Å². The zero-order valence-electron chi connectivity index (χ0n) is 18.3. The number of para-hydroxylation sites is 1. The van der Waals surface area contributed by atoms with E-state index in [4.69, 9.17) is 4.98 Å². The lowest BCUT2D eigenvalue weighted by Gasteiger charge is -2.26. The van der Waals surface area contributed by atoms with Gasteiger partial charge in [-0.25, -0.2) is 17.8 Å². The number of aromatic nitrogens is 2. The monoisotopic (exact) mass is 463 g/mol. The van der Waals surface area contributed by atoms with E-state index in [1.54, 1.807) is 6.07 Å². The Morgan fingerprint density at radius 2 is 1.73 bits per heavy atom. The molecule has 0 saturated carbocycles. The summed E-state index contributed by atoms with van der Waals surface area (Å²) < 4.78 is 39.2. The zero-order chi connectivity index (χ0) is 22.8. The molecule has 0 N–H and O–H groups in total. The molecule has 0 amide bonds. The fourth-order valence-corrected chi connectivity index (χ4v) is 5.71. The van der Waals surface area contributed by atoms with Crippen molar-refractivity contribution < 1.29 is 12.8 Å². The SMILES string of the molecule is O=S1(=O)CCN(CCCc2cn(-c3ccccc3)c3nc(-c4cccc(F)c4)ccc23)CC1. The lowest BCUT2D eigenvalue weighted by Crippen LogP contribution is -2.40. The second kappa shape index (κ2) is 9.08. The van der Waals surface area contributed by atoms with Crippen molar-refractivity contribution >= 4 is 20.9 Å². The number of halogens is 1. The maximum atomic E-state index is 13.8. The first-order valence-electron chi connectivity index (χ1n) is 11.2. The number of sulfone groups is 1. The molecule has 5 nitrogen and oxygen atoms in total. The van der Waals surface area contributed by atoms with Crippen molar-refractivity contribution in [2.45, 2.75) is 12.8 Å². The van der Waals surface area contributed by atoms with Crippen LogP contribution in [0.4, 0.5) is 4.39 Å². The molecular weight excluding hydrogens is 437 g/mol. The van der Waals surface area contributed by atoms with Gasteiger partial charge in [0.05, 0.1) is 17.2 Å². The quantitative estimate of drug-likeness (QED) is 0.423. The molecule has 0 spiro atoms. The van der Waals surface area contributed by atoms with Crippen LogP contribution in [0.2, 0.25) is 0 Å². The summed E-state index contributed by atoms with van der Waals surface area (Å²) >= 11 is 0. The third-order valence-electron chi connectivity index (χ3n) is 6.25. The van der Waals surface area contributed by atoms with Crippen LogP contribution in [0, 0.1) is 5.82 Å². The van der Waals surface area contributed by atoms with Crippen LogP contribution in [0.25, 0.3) is 28.0 Å². The lowest BCUT2D eigenvalue weighted by atomic mass is 10.1. The minimum atomic E-state index is -2.86. The van der Waals surface area contributed by atoms with E-state index < -0.39 is 9.84 Å². The summed E-state index contributed by atoms with van der Waals surface area (Å²) in [7, 11) is -2.86. The molecule has 0 bridgehead atoms. The Bertz CT molecular complexity index is 1370. The Morgan fingerprint density at radius 1 is 0.939 bits per heavy atom. The van der Waals surface area contributed by atoms with Crippen molar-refractivity contribution in [3.8, 4) is 16.9 Å². The second-order valence-corrected chi connectivity index (χ2v) is 10.8. The minimum Gasteiger partial charge on any atom is -0.301 e. The summed E-state index contributed by atoms with van der Waals surface area (Å²) in [4.78, 5) is 7.15. The van der Waals surface area contributed by atoms with Crippen LogP contribution in [-0.4, -0.2) is 54.0 Å². The Morgan fingerprint density at radius 3 is 2.48 bits per heavy atom. The van der Waals surface area contributed by atoms with Crippen molar-refractivity contribution in [3.05, 3.63) is 84.3 Å². The minimum absolute atomic E-state index is 0.257. The van der Waals surface area contributed by atoms with Gasteiger partial charge in [-0.05, 0) is 61.3 Å². The lowest BCUT2D eigenvalue weighted by molar-refractivity contribution is 0.292. The van der Waals surface area contributed by atoms with Gasteiger partial charge in [-0.2, -0.15) is 0 Å². The van der Waals surface area contributed by atoms with E-state index in [9.17, 15) is 12.8 Å². The number of hydrogen-bond donors (Lipinski definition) is 0.